The maximum atomic E-state index is 12.8. The van der Waals surface area contributed by atoms with Gasteiger partial charge in [-0.05, 0) is 31.0 Å². The van der Waals surface area contributed by atoms with Crippen LogP contribution in [0.5, 0.6) is 0 Å². The van der Waals surface area contributed by atoms with Gasteiger partial charge in [0.25, 0.3) is 5.91 Å². The van der Waals surface area contributed by atoms with Crippen molar-refractivity contribution in [2.75, 3.05) is 32.1 Å². The fourth-order valence-electron chi connectivity index (χ4n) is 2.51. The molecule has 2 aromatic carbocycles. The van der Waals surface area contributed by atoms with Crippen LogP contribution in [0.3, 0.4) is 0 Å². The van der Waals surface area contributed by atoms with Crippen LogP contribution in [0, 0.1) is 0 Å². The third kappa shape index (κ3) is 4.83. The van der Waals surface area contributed by atoms with Gasteiger partial charge in [-0.3, -0.25) is 9.69 Å². The van der Waals surface area contributed by atoms with Crippen LogP contribution < -0.4 is 4.90 Å². The number of carbonyl (C=O) groups excluding carboxylic acids is 2. The minimum atomic E-state index is -0.477. The summed E-state index contributed by atoms with van der Waals surface area (Å²) in [6, 6.07) is 17.1. The van der Waals surface area contributed by atoms with Crippen molar-refractivity contribution in [3.63, 3.8) is 0 Å². The topological polar surface area (TPSA) is 49.9 Å². The lowest BCUT2D eigenvalue weighted by Gasteiger charge is -2.23. The molecule has 0 aliphatic heterocycles. The number of ether oxygens (including phenoxy) is 1. The summed E-state index contributed by atoms with van der Waals surface area (Å²) >= 11 is 0. The molecule has 25 heavy (non-hydrogen) atoms. The SMILES string of the molecule is CCOC(=O)N(C)c1ccccc1C(=O)N(C)CCc1ccccc1. The van der Waals surface area contributed by atoms with Crippen molar-refractivity contribution in [3.8, 4) is 0 Å². The average molecular weight is 340 g/mol. The molecular formula is C20H24N2O3. The van der Waals surface area contributed by atoms with Crippen molar-refractivity contribution in [3.05, 3.63) is 65.7 Å². The van der Waals surface area contributed by atoms with E-state index in [1.54, 1.807) is 50.2 Å². The molecule has 0 heterocycles. The highest BCUT2D eigenvalue weighted by atomic mass is 16.6. The van der Waals surface area contributed by atoms with Crippen LogP contribution in [0.1, 0.15) is 22.8 Å². The molecule has 0 aliphatic rings. The molecule has 5 nitrogen and oxygen atoms in total. The molecule has 2 aromatic rings. The summed E-state index contributed by atoms with van der Waals surface area (Å²) < 4.78 is 5.02. The quantitative estimate of drug-likeness (QED) is 0.807. The van der Waals surface area contributed by atoms with Crippen molar-refractivity contribution in [2.45, 2.75) is 13.3 Å². The van der Waals surface area contributed by atoms with Gasteiger partial charge in [-0.1, -0.05) is 42.5 Å². The lowest BCUT2D eigenvalue weighted by molar-refractivity contribution is 0.0797. The Labute approximate surface area is 148 Å². The van der Waals surface area contributed by atoms with Crippen molar-refractivity contribution in [1.82, 2.24) is 4.90 Å². The number of anilines is 1. The predicted molar refractivity (Wildman–Crippen MR) is 99.0 cm³/mol. The predicted octanol–water partition coefficient (Wildman–Crippen LogP) is 3.59. The molecule has 0 aromatic heterocycles. The Kier molecular flexibility index (Phi) is 6.57. The summed E-state index contributed by atoms with van der Waals surface area (Å²) in [7, 11) is 3.38. The summed E-state index contributed by atoms with van der Waals surface area (Å²) in [4.78, 5) is 27.8. The Hall–Kier alpha value is -2.82. The van der Waals surface area contributed by atoms with Crippen molar-refractivity contribution in [1.29, 1.82) is 0 Å². The van der Waals surface area contributed by atoms with Gasteiger partial charge in [-0.25, -0.2) is 4.79 Å². The minimum Gasteiger partial charge on any atom is -0.449 e. The fourth-order valence-corrected chi connectivity index (χ4v) is 2.51. The Morgan fingerprint density at radius 2 is 1.60 bits per heavy atom. The number of carbonyl (C=O) groups is 2. The van der Waals surface area contributed by atoms with E-state index in [-0.39, 0.29) is 12.5 Å². The van der Waals surface area contributed by atoms with E-state index in [0.29, 0.717) is 17.8 Å². The van der Waals surface area contributed by atoms with E-state index >= 15 is 0 Å². The zero-order valence-corrected chi connectivity index (χ0v) is 14.9. The van der Waals surface area contributed by atoms with Crippen LogP contribution in [0.15, 0.2) is 54.6 Å². The van der Waals surface area contributed by atoms with Gasteiger partial charge >= 0.3 is 6.09 Å². The number of nitrogens with zero attached hydrogens (tertiary/aromatic N) is 2. The number of rotatable bonds is 6. The molecular weight excluding hydrogens is 316 g/mol. The second-order valence-electron chi connectivity index (χ2n) is 5.74. The van der Waals surface area contributed by atoms with Crippen molar-refractivity contribution in [2.24, 2.45) is 0 Å². The summed E-state index contributed by atoms with van der Waals surface area (Å²) in [5.74, 6) is -0.123. The largest absolute Gasteiger partial charge is 0.449 e. The van der Waals surface area contributed by atoms with Crippen LogP contribution in [0.4, 0.5) is 10.5 Å². The van der Waals surface area contributed by atoms with Crippen molar-refractivity contribution >= 4 is 17.7 Å². The van der Waals surface area contributed by atoms with Gasteiger partial charge in [-0.15, -0.1) is 0 Å². The molecule has 0 spiro atoms. The molecule has 5 heteroatoms. The van der Waals surface area contributed by atoms with E-state index in [1.807, 2.05) is 30.3 Å². The van der Waals surface area contributed by atoms with Gasteiger partial charge in [0.05, 0.1) is 17.9 Å². The average Bonchev–Trinajstić information content (AvgIpc) is 2.66. The van der Waals surface area contributed by atoms with Crippen LogP contribution in [0.25, 0.3) is 0 Å². The zero-order valence-electron chi connectivity index (χ0n) is 14.9. The molecule has 0 radical (unpaired) electrons. The summed E-state index contributed by atoms with van der Waals surface area (Å²) in [5, 5.41) is 0. The molecule has 0 saturated carbocycles. The van der Waals surface area contributed by atoms with E-state index < -0.39 is 6.09 Å². The Morgan fingerprint density at radius 1 is 0.960 bits per heavy atom. The van der Waals surface area contributed by atoms with E-state index in [1.165, 1.54) is 10.5 Å². The summed E-state index contributed by atoms with van der Waals surface area (Å²) in [6.07, 6.45) is 0.300. The van der Waals surface area contributed by atoms with E-state index in [9.17, 15) is 9.59 Å². The van der Waals surface area contributed by atoms with Gasteiger partial charge < -0.3 is 9.64 Å². The highest BCUT2D eigenvalue weighted by molar-refractivity contribution is 6.03. The van der Waals surface area contributed by atoms with Crippen LogP contribution in [0.2, 0.25) is 0 Å². The second kappa shape index (κ2) is 8.87. The number of hydrogen-bond donors (Lipinski definition) is 0. The van der Waals surface area contributed by atoms with Gasteiger partial charge in [0.2, 0.25) is 0 Å². The maximum absolute atomic E-state index is 12.8. The third-order valence-corrected chi connectivity index (χ3v) is 3.96. The van der Waals surface area contributed by atoms with Crippen molar-refractivity contribution < 1.29 is 14.3 Å². The van der Waals surface area contributed by atoms with Gasteiger partial charge in [0.15, 0.2) is 0 Å². The molecule has 2 rings (SSSR count). The van der Waals surface area contributed by atoms with Crippen LogP contribution in [-0.4, -0.2) is 44.1 Å². The fraction of sp³-hybridized carbons (Fsp3) is 0.300. The van der Waals surface area contributed by atoms with Crippen LogP contribution in [-0.2, 0) is 11.2 Å². The first-order chi connectivity index (χ1) is 12.0. The van der Waals surface area contributed by atoms with Crippen LogP contribution >= 0.6 is 0 Å². The minimum absolute atomic E-state index is 0.123. The molecule has 0 atom stereocenters. The molecule has 0 fully saturated rings. The summed E-state index contributed by atoms with van der Waals surface area (Å²) in [5.41, 5.74) is 2.20. The number of hydrogen-bond acceptors (Lipinski definition) is 3. The maximum Gasteiger partial charge on any atom is 0.414 e. The molecule has 0 unspecified atom stereocenters. The van der Waals surface area contributed by atoms with Gasteiger partial charge in [0.1, 0.15) is 0 Å². The Bertz CT molecular complexity index is 716. The lowest BCUT2D eigenvalue weighted by atomic mass is 10.1. The lowest BCUT2D eigenvalue weighted by Crippen LogP contribution is -2.33. The molecule has 0 bridgehead atoms. The monoisotopic (exact) mass is 340 g/mol. The molecule has 2 amide bonds. The van der Waals surface area contributed by atoms with E-state index in [2.05, 4.69) is 0 Å². The van der Waals surface area contributed by atoms with E-state index in [4.69, 9.17) is 4.74 Å². The van der Waals surface area contributed by atoms with Gasteiger partial charge in [0, 0.05) is 20.6 Å². The molecule has 0 saturated heterocycles. The number of amides is 2. The summed E-state index contributed by atoms with van der Waals surface area (Å²) in [6.45, 7) is 2.64. The number of benzene rings is 2. The zero-order chi connectivity index (χ0) is 18.2. The number of likely N-dealkylation sites (N-methyl/N-ethyl adjacent to an activating group) is 1. The smallest absolute Gasteiger partial charge is 0.414 e. The first-order valence-corrected chi connectivity index (χ1v) is 8.33. The first kappa shape index (κ1) is 18.5. The standard InChI is InChI=1S/C20H24N2O3/c1-4-25-20(24)22(3)18-13-9-8-12-17(18)19(23)21(2)15-14-16-10-6-5-7-11-16/h5-13H,4,14-15H2,1-3H3. The Morgan fingerprint density at radius 3 is 2.28 bits per heavy atom. The highest BCUT2D eigenvalue weighted by Crippen LogP contribution is 2.21. The first-order valence-electron chi connectivity index (χ1n) is 8.33. The Balaban J connectivity index is 2.11. The van der Waals surface area contributed by atoms with E-state index in [0.717, 1.165) is 6.42 Å². The molecule has 132 valence electrons. The normalized spacial score (nSPS) is 10.2. The van der Waals surface area contributed by atoms with Gasteiger partial charge in [-0.2, -0.15) is 0 Å². The highest BCUT2D eigenvalue weighted by Gasteiger charge is 2.21. The second-order valence-corrected chi connectivity index (χ2v) is 5.74. The third-order valence-electron chi connectivity index (χ3n) is 3.96. The number of para-hydroxylation sites is 1. The molecule has 0 aliphatic carbocycles. The molecule has 0 N–H and O–H groups in total.